The summed E-state index contributed by atoms with van der Waals surface area (Å²) in [5.74, 6) is 0.504. The Morgan fingerprint density at radius 1 is 1.40 bits per heavy atom. The van der Waals surface area contributed by atoms with E-state index in [4.69, 9.17) is 10.5 Å². The summed E-state index contributed by atoms with van der Waals surface area (Å²) < 4.78 is 11.5. The van der Waals surface area contributed by atoms with Crippen molar-refractivity contribution in [3.05, 3.63) is 22.2 Å². The van der Waals surface area contributed by atoms with Crippen LogP contribution in [-0.2, 0) is 16.0 Å². The molecule has 1 aliphatic rings. The van der Waals surface area contributed by atoms with E-state index in [1.54, 1.807) is 0 Å². The zero-order valence-electron chi connectivity index (χ0n) is 11.7. The number of carbonyl (C=O) groups excluding carboxylic acids is 1. The number of nitrogens with two attached hydrogens (primary N) is 1. The molecular weight excluding hydrogens is 322 g/mol. The van der Waals surface area contributed by atoms with Gasteiger partial charge in [0.15, 0.2) is 5.75 Å². The minimum atomic E-state index is -0.217. The predicted molar refractivity (Wildman–Crippen MR) is 81.8 cm³/mol. The van der Waals surface area contributed by atoms with E-state index in [-0.39, 0.29) is 12.1 Å². The minimum Gasteiger partial charge on any atom is -0.487 e. The summed E-state index contributed by atoms with van der Waals surface area (Å²) in [7, 11) is 1.39. The number of anilines is 1. The van der Waals surface area contributed by atoms with E-state index < -0.39 is 0 Å². The number of aryl methyl sites for hydroxylation is 1. The first-order valence-corrected chi connectivity index (χ1v) is 7.71. The third kappa shape index (κ3) is 3.88. The van der Waals surface area contributed by atoms with E-state index in [1.165, 1.54) is 20.0 Å². The number of carbonyl (C=O) groups is 1. The summed E-state index contributed by atoms with van der Waals surface area (Å²) >= 11 is 3.51. The average molecular weight is 342 g/mol. The van der Waals surface area contributed by atoms with Crippen LogP contribution in [0.15, 0.2) is 16.6 Å². The lowest BCUT2D eigenvalue weighted by molar-refractivity contribution is -0.140. The number of hydrogen-bond acceptors (Lipinski definition) is 4. The number of rotatable bonds is 5. The molecule has 4 nitrogen and oxygen atoms in total. The summed E-state index contributed by atoms with van der Waals surface area (Å²) in [5, 5.41) is 0. The van der Waals surface area contributed by atoms with E-state index in [2.05, 4.69) is 20.7 Å². The molecule has 1 aromatic carbocycles. The van der Waals surface area contributed by atoms with Gasteiger partial charge in [0.05, 0.1) is 23.4 Å². The Labute approximate surface area is 127 Å². The average Bonchev–Trinajstić information content (AvgIpc) is 2.93. The highest BCUT2D eigenvalue weighted by Crippen LogP contribution is 2.36. The van der Waals surface area contributed by atoms with Crippen molar-refractivity contribution in [2.45, 2.75) is 44.6 Å². The molecule has 0 bridgehead atoms. The summed E-state index contributed by atoms with van der Waals surface area (Å²) in [6.45, 7) is 0. The van der Waals surface area contributed by atoms with Gasteiger partial charge in [0.1, 0.15) is 0 Å². The summed E-state index contributed by atoms with van der Waals surface area (Å²) in [6, 6.07) is 3.83. The molecule has 110 valence electrons. The van der Waals surface area contributed by atoms with Gasteiger partial charge in [-0.05, 0) is 65.7 Å². The molecule has 1 aromatic rings. The molecule has 0 aromatic heterocycles. The normalized spacial score (nSPS) is 15.3. The summed E-state index contributed by atoms with van der Waals surface area (Å²) in [6.07, 6.45) is 5.87. The van der Waals surface area contributed by atoms with Crippen molar-refractivity contribution < 1.29 is 14.3 Å². The Balaban J connectivity index is 2.05. The molecule has 1 saturated carbocycles. The topological polar surface area (TPSA) is 61.5 Å². The molecule has 0 saturated heterocycles. The van der Waals surface area contributed by atoms with Crippen molar-refractivity contribution in [1.82, 2.24) is 0 Å². The van der Waals surface area contributed by atoms with Crippen LogP contribution in [0.2, 0.25) is 0 Å². The molecule has 0 radical (unpaired) electrons. The number of benzene rings is 1. The van der Waals surface area contributed by atoms with Gasteiger partial charge in [0, 0.05) is 6.42 Å². The monoisotopic (exact) mass is 341 g/mol. The second kappa shape index (κ2) is 6.97. The molecule has 0 aliphatic heterocycles. The van der Waals surface area contributed by atoms with Crippen molar-refractivity contribution in [3.8, 4) is 5.75 Å². The van der Waals surface area contributed by atoms with Gasteiger partial charge in [0.2, 0.25) is 0 Å². The number of esters is 1. The van der Waals surface area contributed by atoms with Gasteiger partial charge in [-0.15, -0.1) is 0 Å². The molecule has 0 heterocycles. The molecule has 0 spiro atoms. The third-order valence-corrected chi connectivity index (χ3v) is 4.15. The van der Waals surface area contributed by atoms with Crippen molar-refractivity contribution in [2.75, 3.05) is 12.8 Å². The van der Waals surface area contributed by atoms with Crippen molar-refractivity contribution in [2.24, 2.45) is 0 Å². The van der Waals surface area contributed by atoms with Gasteiger partial charge in [-0.25, -0.2) is 0 Å². The van der Waals surface area contributed by atoms with Crippen LogP contribution in [0.1, 0.15) is 37.7 Å². The maximum atomic E-state index is 11.2. The van der Waals surface area contributed by atoms with Gasteiger partial charge in [-0.1, -0.05) is 0 Å². The molecule has 0 unspecified atom stereocenters. The van der Waals surface area contributed by atoms with E-state index in [9.17, 15) is 4.79 Å². The number of nitrogen functional groups attached to an aromatic ring is 1. The molecule has 1 fully saturated rings. The highest BCUT2D eigenvalue weighted by Gasteiger charge is 2.19. The van der Waals surface area contributed by atoms with Crippen LogP contribution >= 0.6 is 15.9 Å². The summed E-state index contributed by atoms with van der Waals surface area (Å²) in [4.78, 5) is 11.2. The van der Waals surface area contributed by atoms with Gasteiger partial charge >= 0.3 is 5.97 Å². The van der Waals surface area contributed by atoms with E-state index in [0.29, 0.717) is 18.5 Å². The van der Waals surface area contributed by atoms with E-state index in [1.807, 2.05) is 12.1 Å². The molecule has 20 heavy (non-hydrogen) atoms. The van der Waals surface area contributed by atoms with Crippen LogP contribution in [0.5, 0.6) is 5.75 Å². The first-order chi connectivity index (χ1) is 9.60. The van der Waals surface area contributed by atoms with Crippen LogP contribution in [0.25, 0.3) is 0 Å². The van der Waals surface area contributed by atoms with Crippen molar-refractivity contribution >= 4 is 27.6 Å². The lowest BCUT2D eigenvalue weighted by Crippen LogP contribution is -2.13. The van der Waals surface area contributed by atoms with Crippen LogP contribution < -0.4 is 10.5 Å². The smallest absolute Gasteiger partial charge is 0.305 e. The largest absolute Gasteiger partial charge is 0.487 e. The number of halogens is 1. The first-order valence-electron chi connectivity index (χ1n) is 6.91. The van der Waals surface area contributed by atoms with Gasteiger partial charge in [-0.2, -0.15) is 0 Å². The first kappa shape index (κ1) is 15.2. The highest BCUT2D eigenvalue weighted by atomic mass is 79.9. The molecular formula is C15H20BrNO3. The van der Waals surface area contributed by atoms with Gasteiger partial charge in [-0.3, -0.25) is 4.79 Å². The second-order valence-electron chi connectivity index (χ2n) is 5.10. The van der Waals surface area contributed by atoms with Crippen molar-refractivity contribution in [3.63, 3.8) is 0 Å². The van der Waals surface area contributed by atoms with Crippen LogP contribution in [0.3, 0.4) is 0 Å². The maximum Gasteiger partial charge on any atom is 0.305 e. The third-order valence-electron chi connectivity index (χ3n) is 3.56. The van der Waals surface area contributed by atoms with Crippen molar-refractivity contribution in [1.29, 1.82) is 0 Å². The Bertz CT molecular complexity index is 461. The van der Waals surface area contributed by atoms with E-state index >= 15 is 0 Å². The number of ether oxygens (including phenoxy) is 2. The molecule has 0 atom stereocenters. The lowest BCUT2D eigenvalue weighted by Gasteiger charge is -2.17. The summed E-state index contributed by atoms with van der Waals surface area (Å²) in [5.41, 5.74) is 7.68. The Kier molecular flexibility index (Phi) is 5.29. The zero-order valence-corrected chi connectivity index (χ0v) is 13.2. The standard InChI is InChI=1S/C15H20BrNO3/c1-19-14(18)7-6-10-8-12(16)15(13(17)9-10)20-11-4-2-3-5-11/h8-9,11H,2-7,17H2,1H3. The SMILES string of the molecule is COC(=O)CCc1cc(N)c(OC2CCCC2)c(Br)c1. The zero-order chi connectivity index (χ0) is 14.5. The fraction of sp³-hybridized carbons (Fsp3) is 0.533. The van der Waals surface area contributed by atoms with Gasteiger partial charge < -0.3 is 15.2 Å². The maximum absolute atomic E-state index is 11.2. The van der Waals surface area contributed by atoms with Crippen LogP contribution in [0.4, 0.5) is 5.69 Å². The lowest BCUT2D eigenvalue weighted by atomic mass is 10.1. The fourth-order valence-electron chi connectivity index (χ4n) is 2.46. The molecule has 0 amide bonds. The molecule has 5 heteroatoms. The Morgan fingerprint density at radius 2 is 2.10 bits per heavy atom. The molecule has 2 N–H and O–H groups in total. The van der Waals surface area contributed by atoms with Gasteiger partial charge in [0.25, 0.3) is 0 Å². The molecule has 1 aliphatic carbocycles. The fourth-order valence-corrected chi connectivity index (χ4v) is 3.08. The van der Waals surface area contributed by atoms with Crippen LogP contribution in [-0.4, -0.2) is 19.2 Å². The van der Waals surface area contributed by atoms with E-state index in [0.717, 1.165) is 28.6 Å². The minimum absolute atomic E-state index is 0.217. The predicted octanol–water partition coefficient (Wildman–Crippen LogP) is 3.46. The van der Waals surface area contributed by atoms with Crippen LogP contribution in [0, 0.1) is 0 Å². The highest BCUT2D eigenvalue weighted by molar-refractivity contribution is 9.10. The Morgan fingerprint density at radius 3 is 2.70 bits per heavy atom. The number of methoxy groups -OCH3 is 1. The quantitative estimate of drug-likeness (QED) is 0.658. The Hall–Kier alpha value is -1.23. The second-order valence-corrected chi connectivity index (χ2v) is 5.95. The molecule has 2 rings (SSSR count). The number of hydrogen-bond donors (Lipinski definition) is 1.